The van der Waals surface area contributed by atoms with Gasteiger partial charge in [-0.2, -0.15) is 0 Å². The molecule has 0 unspecified atom stereocenters. The van der Waals surface area contributed by atoms with Crippen LogP contribution >= 0.6 is 0 Å². The highest BCUT2D eigenvalue weighted by atomic mass is 32.2. The molecule has 9 heteroatoms. The number of benzene rings is 2. The van der Waals surface area contributed by atoms with Crippen molar-refractivity contribution in [3.63, 3.8) is 0 Å². The van der Waals surface area contributed by atoms with Crippen LogP contribution in [0.3, 0.4) is 0 Å². The van der Waals surface area contributed by atoms with Gasteiger partial charge < -0.3 is 15.0 Å². The van der Waals surface area contributed by atoms with Crippen LogP contribution in [0, 0.1) is 5.92 Å². The molecule has 4 rings (SSSR count). The minimum atomic E-state index is -3.76. The third-order valence-corrected chi connectivity index (χ3v) is 7.15. The Morgan fingerprint density at radius 2 is 1.69 bits per heavy atom. The Morgan fingerprint density at radius 1 is 1.00 bits per heavy atom. The van der Waals surface area contributed by atoms with Gasteiger partial charge in [0.1, 0.15) is 5.75 Å². The van der Waals surface area contributed by atoms with E-state index in [0.717, 1.165) is 25.7 Å². The molecule has 0 radical (unpaired) electrons. The molecule has 2 amide bonds. The van der Waals surface area contributed by atoms with E-state index in [1.807, 2.05) is 0 Å². The quantitative estimate of drug-likeness (QED) is 0.665. The van der Waals surface area contributed by atoms with Gasteiger partial charge in [0.15, 0.2) is 0 Å². The molecule has 32 heavy (non-hydrogen) atoms. The van der Waals surface area contributed by atoms with Crippen molar-refractivity contribution in [2.45, 2.75) is 36.6 Å². The van der Waals surface area contributed by atoms with Crippen LogP contribution in [0.5, 0.6) is 5.75 Å². The maximum Gasteiger partial charge on any atom is 0.261 e. The number of rotatable bonds is 7. The first kappa shape index (κ1) is 22.1. The van der Waals surface area contributed by atoms with Crippen molar-refractivity contribution in [1.82, 2.24) is 10.2 Å². The summed E-state index contributed by atoms with van der Waals surface area (Å²) in [5.74, 6) is 0.271. The molecule has 0 aromatic heterocycles. The molecule has 2 aromatic rings. The number of ether oxygens (including phenoxy) is 1. The molecule has 2 fully saturated rings. The predicted molar refractivity (Wildman–Crippen MR) is 120 cm³/mol. The molecule has 1 atom stereocenters. The van der Waals surface area contributed by atoms with Gasteiger partial charge in [-0.3, -0.25) is 14.3 Å². The molecule has 0 bridgehead atoms. The van der Waals surface area contributed by atoms with Crippen molar-refractivity contribution in [2.24, 2.45) is 5.92 Å². The van der Waals surface area contributed by atoms with Gasteiger partial charge in [-0.25, -0.2) is 8.42 Å². The number of methoxy groups -OCH3 is 1. The van der Waals surface area contributed by atoms with Gasteiger partial charge in [-0.1, -0.05) is 0 Å². The van der Waals surface area contributed by atoms with Gasteiger partial charge >= 0.3 is 0 Å². The van der Waals surface area contributed by atoms with E-state index in [-0.39, 0.29) is 22.6 Å². The normalized spacial score (nSPS) is 18.7. The monoisotopic (exact) mass is 457 g/mol. The lowest BCUT2D eigenvalue weighted by Crippen LogP contribution is -2.45. The number of hydrogen-bond donors (Lipinski definition) is 2. The molecule has 1 aliphatic carbocycles. The highest BCUT2D eigenvalue weighted by Gasteiger charge is 2.32. The number of nitrogens with one attached hydrogen (secondary N) is 2. The summed E-state index contributed by atoms with van der Waals surface area (Å²) < 4.78 is 32.7. The smallest absolute Gasteiger partial charge is 0.261 e. The van der Waals surface area contributed by atoms with Crippen molar-refractivity contribution in [2.75, 3.05) is 24.9 Å². The van der Waals surface area contributed by atoms with Crippen molar-refractivity contribution < 1.29 is 22.7 Å². The molecule has 170 valence electrons. The fraction of sp³-hybridized carbons (Fsp3) is 0.391. The number of carbonyl (C=O) groups excluding carboxylic acids is 2. The predicted octanol–water partition coefficient (Wildman–Crippen LogP) is 2.63. The Labute approximate surface area is 188 Å². The van der Waals surface area contributed by atoms with Crippen LogP contribution in [0.25, 0.3) is 0 Å². The fourth-order valence-corrected chi connectivity index (χ4v) is 4.81. The zero-order valence-corrected chi connectivity index (χ0v) is 18.7. The summed E-state index contributed by atoms with van der Waals surface area (Å²) in [4.78, 5) is 27.1. The van der Waals surface area contributed by atoms with Crippen LogP contribution in [0.4, 0.5) is 5.69 Å². The minimum absolute atomic E-state index is 0.0355. The van der Waals surface area contributed by atoms with Crippen LogP contribution in [-0.4, -0.2) is 51.4 Å². The van der Waals surface area contributed by atoms with E-state index in [4.69, 9.17) is 4.74 Å². The second-order valence-electron chi connectivity index (χ2n) is 8.23. The lowest BCUT2D eigenvalue weighted by Gasteiger charge is -2.32. The largest absolute Gasteiger partial charge is 0.497 e. The molecule has 1 heterocycles. The van der Waals surface area contributed by atoms with Crippen LogP contribution in [-0.2, 0) is 14.8 Å². The minimum Gasteiger partial charge on any atom is -0.497 e. The van der Waals surface area contributed by atoms with Crippen LogP contribution in [0.15, 0.2) is 53.4 Å². The molecule has 8 nitrogen and oxygen atoms in total. The van der Waals surface area contributed by atoms with Gasteiger partial charge in [-0.15, -0.1) is 0 Å². The Balaban J connectivity index is 1.39. The lowest BCUT2D eigenvalue weighted by molar-refractivity contribution is -0.126. The average Bonchev–Trinajstić information content (AvgIpc) is 3.63. The summed E-state index contributed by atoms with van der Waals surface area (Å²) in [5, 5.41) is 3.02. The second kappa shape index (κ2) is 9.20. The van der Waals surface area contributed by atoms with E-state index in [0.29, 0.717) is 36.1 Å². The number of hydrogen-bond acceptors (Lipinski definition) is 5. The van der Waals surface area contributed by atoms with Crippen molar-refractivity contribution in [1.29, 1.82) is 0 Å². The van der Waals surface area contributed by atoms with E-state index in [1.165, 1.54) is 19.2 Å². The third-order valence-electron chi connectivity index (χ3n) is 5.76. The van der Waals surface area contributed by atoms with E-state index < -0.39 is 10.0 Å². The highest BCUT2D eigenvalue weighted by Crippen LogP contribution is 2.24. The molecule has 0 spiro atoms. The summed E-state index contributed by atoms with van der Waals surface area (Å²) in [5.41, 5.74) is 0.818. The first-order chi connectivity index (χ1) is 15.4. The average molecular weight is 458 g/mol. The van der Waals surface area contributed by atoms with Crippen molar-refractivity contribution in [3.05, 3.63) is 54.1 Å². The molecule has 2 N–H and O–H groups in total. The molecule has 1 saturated carbocycles. The molecular formula is C23H27N3O5S. The summed E-state index contributed by atoms with van der Waals surface area (Å²) >= 11 is 0. The van der Waals surface area contributed by atoms with E-state index in [1.54, 1.807) is 41.3 Å². The van der Waals surface area contributed by atoms with E-state index >= 15 is 0 Å². The number of sulfonamides is 1. The topological polar surface area (TPSA) is 105 Å². The molecule has 1 aliphatic heterocycles. The summed E-state index contributed by atoms with van der Waals surface area (Å²) in [6, 6.07) is 12.7. The Morgan fingerprint density at radius 3 is 2.31 bits per heavy atom. The van der Waals surface area contributed by atoms with Gasteiger partial charge in [0, 0.05) is 30.4 Å². The summed E-state index contributed by atoms with van der Waals surface area (Å²) in [6.45, 7) is 1.02. The zero-order valence-electron chi connectivity index (χ0n) is 17.9. The van der Waals surface area contributed by atoms with E-state index in [9.17, 15) is 18.0 Å². The molecule has 1 saturated heterocycles. The second-order valence-corrected chi connectivity index (χ2v) is 9.91. The number of nitrogens with zero attached hydrogens (tertiary/aromatic N) is 1. The highest BCUT2D eigenvalue weighted by molar-refractivity contribution is 7.92. The SMILES string of the molecule is COc1ccc(S(=O)(=O)Nc2ccc(C(=O)N3CCC[C@@H](C(=O)NC4CC4)C3)cc2)cc1. The molecule has 2 aromatic carbocycles. The van der Waals surface area contributed by atoms with Crippen LogP contribution < -0.4 is 14.8 Å². The Hall–Kier alpha value is -3.07. The van der Waals surface area contributed by atoms with Crippen molar-refractivity contribution >= 4 is 27.5 Å². The molecular weight excluding hydrogens is 430 g/mol. The third kappa shape index (κ3) is 5.21. The Bertz CT molecular complexity index is 1080. The first-order valence-electron chi connectivity index (χ1n) is 10.7. The van der Waals surface area contributed by atoms with Crippen LogP contribution in [0.1, 0.15) is 36.0 Å². The molecule has 2 aliphatic rings. The Kier molecular flexibility index (Phi) is 6.36. The van der Waals surface area contributed by atoms with Crippen LogP contribution in [0.2, 0.25) is 0 Å². The van der Waals surface area contributed by atoms with Gasteiger partial charge in [-0.05, 0) is 74.2 Å². The number of carbonyl (C=O) groups is 2. The summed E-state index contributed by atoms with van der Waals surface area (Å²) in [7, 11) is -2.25. The number of anilines is 1. The first-order valence-corrected chi connectivity index (χ1v) is 12.2. The maximum atomic E-state index is 12.9. The number of piperidine rings is 1. The van der Waals surface area contributed by atoms with Crippen molar-refractivity contribution in [3.8, 4) is 5.75 Å². The zero-order chi connectivity index (χ0) is 22.7. The standard InChI is InChI=1S/C23H27N3O5S/c1-31-20-10-12-21(13-11-20)32(29,30)25-19-6-4-16(5-7-19)23(28)26-14-2-3-17(15-26)22(27)24-18-8-9-18/h4-7,10-13,17-18,25H,2-3,8-9,14-15H2,1H3,(H,24,27)/t17-/m1/s1. The maximum absolute atomic E-state index is 12.9. The van der Waals surface area contributed by atoms with Gasteiger partial charge in [0.2, 0.25) is 5.91 Å². The lowest BCUT2D eigenvalue weighted by atomic mass is 9.96. The van der Waals surface area contributed by atoms with Gasteiger partial charge in [0.25, 0.3) is 15.9 Å². The van der Waals surface area contributed by atoms with E-state index in [2.05, 4.69) is 10.0 Å². The summed E-state index contributed by atoms with van der Waals surface area (Å²) in [6.07, 6.45) is 3.65. The number of amides is 2. The fourth-order valence-electron chi connectivity index (χ4n) is 3.75. The van der Waals surface area contributed by atoms with Gasteiger partial charge in [0.05, 0.1) is 17.9 Å². The number of likely N-dealkylation sites (tertiary alicyclic amines) is 1.